The highest BCUT2D eigenvalue weighted by Crippen LogP contribution is 2.03. The normalized spacial score (nSPS) is 12.6. The van der Waals surface area contributed by atoms with Crippen LogP contribution in [0, 0.1) is 5.92 Å². The molecule has 0 spiro atoms. The van der Waals surface area contributed by atoms with Crippen molar-refractivity contribution in [3.05, 3.63) is 0 Å². The Bertz CT molecular complexity index is 115. The van der Waals surface area contributed by atoms with Crippen LogP contribution < -0.4 is 11.1 Å². The molecule has 1 atom stereocenters. The summed E-state index contributed by atoms with van der Waals surface area (Å²) < 4.78 is 0. The van der Waals surface area contributed by atoms with Crippen LogP contribution in [-0.2, 0) is 4.79 Å². The molecule has 0 heterocycles. The monoisotopic (exact) mass is 158 g/mol. The maximum Gasteiger partial charge on any atom is 0.222 e. The van der Waals surface area contributed by atoms with Crippen LogP contribution in [0.1, 0.15) is 26.7 Å². The van der Waals surface area contributed by atoms with E-state index in [0.29, 0.717) is 13.1 Å². The van der Waals surface area contributed by atoms with Gasteiger partial charge in [-0.3, -0.25) is 4.79 Å². The van der Waals surface area contributed by atoms with Crippen LogP contribution in [0.3, 0.4) is 0 Å². The van der Waals surface area contributed by atoms with Crippen LogP contribution in [0.4, 0.5) is 0 Å². The molecule has 0 saturated heterocycles. The van der Waals surface area contributed by atoms with E-state index in [0.717, 1.165) is 12.8 Å². The average Bonchev–Trinajstić information content (AvgIpc) is 2.00. The van der Waals surface area contributed by atoms with Crippen LogP contribution in [-0.4, -0.2) is 19.0 Å². The minimum absolute atomic E-state index is 0.123. The molecular formula is C8H18N2O. The van der Waals surface area contributed by atoms with E-state index >= 15 is 0 Å². The number of rotatable bonds is 5. The lowest BCUT2D eigenvalue weighted by Crippen LogP contribution is -2.33. The lowest BCUT2D eigenvalue weighted by molar-refractivity contribution is -0.124. The molecule has 0 aliphatic rings. The first-order valence-corrected chi connectivity index (χ1v) is 4.20. The highest BCUT2D eigenvalue weighted by atomic mass is 16.1. The fraction of sp³-hybridized carbons (Fsp3) is 0.875. The first kappa shape index (κ1) is 10.4. The molecule has 0 radical (unpaired) electrons. The number of carbonyl (C=O) groups is 1. The van der Waals surface area contributed by atoms with Crippen molar-refractivity contribution in [3.63, 3.8) is 0 Å². The van der Waals surface area contributed by atoms with E-state index in [-0.39, 0.29) is 11.8 Å². The van der Waals surface area contributed by atoms with Gasteiger partial charge in [0.2, 0.25) is 5.91 Å². The Morgan fingerprint density at radius 2 is 2.27 bits per heavy atom. The van der Waals surface area contributed by atoms with Gasteiger partial charge in [-0.25, -0.2) is 0 Å². The Kier molecular flexibility index (Phi) is 5.84. The van der Waals surface area contributed by atoms with Crippen molar-refractivity contribution in [2.24, 2.45) is 11.7 Å². The SMILES string of the molecule is CCCC(C)C(=O)NCCN. The number of carbonyl (C=O) groups excluding carboxylic acids is 1. The van der Waals surface area contributed by atoms with E-state index in [4.69, 9.17) is 5.73 Å². The topological polar surface area (TPSA) is 55.1 Å². The number of nitrogens with two attached hydrogens (primary N) is 1. The van der Waals surface area contributed by atoms with Crippen molar-refractivity contribution < 1.29 is 4.79 Å². The van der Waals surface area contributed by atoms with Gasteiger partial charge in [-0.15, -0.1) is 0 Å². The first-order valence-electron chi connectivity index (χ1n) is 4.20. The van der Waals surface area contributed by atoms with E-state index in [1.165, 1.54) is 0 Å². The molecule has 0 bridgehead atoms. The quantitative estimate of drug-likeness (QED) is 0.612. The Balaban J connectivity index is 3.47. The van der Waals surface area contributed by atoms with Gasteiger partial charge in [0.25, 0.3) is 0 Å². The predicted octanol–water partition coefficient (Wildman–Crippen LogP) is 0.497. The standard InChI is InChI=1S/C8H18N2O/c1-3-4-7(2)8(11)10-6-5-9/h7H,3-6,9H2,1-2H3,(H,10,11). The van der Waals surface area contributed by atoms with Crippen LogP contribution >= 0.6 is 0 Å². The van der Waals surface area contributed by atoms with Gasteiger partial charge in [-0.05, 0) is 6.42 Å². The molecule has 3 nitrogen and oxygen atoms in total. The summed E-state index contributed by atoms with van der Waals surface area (Å²) in [4.78, 5) is 11.1. The van der Waals surface area contributed by atoms with Crippen molar-refractivity contribution in [1.29, 1.82) is 0 Å². The van der Waals surface area contributed by atoms with Crippen molar-refractivity contribution in [3.8, 4) is 0 Å². The van der Waals surface area contributed by atoms with E-state index in [2.05, 4.69) is 12.2 Å². The van der Waals surface area contributed by atoms with Gasteiger partial charge in [0.1, 0.15) is 0 Å². The third-order valence-electron chi connectivity index (χ3n) is 1.61. The fourth-order valence-electron chi connectivity index (χ4n) is 0.934. The summed E-state index contributed by atoms with van der Waals surface area (Å²) in [6, 6.07) is 0. The third-order valence-corrected chi connectivity index (χ3v) is 1.61. The Morgan fingerprint density at radius 3 is 2.73 bits per heavy atom. The first-order chi connectivity index (χ1) is 5.22. The Morgan fingerprint density at radius 1 is 1.64 bits per heavy atom. The van der Waals surface area contributed by atoms with Crippen LogP contribution in [0.15, 0.2) is 0 Å². The second-order valence-electron chi connectivity index (χ2n) is 2.77. The lowest BCUT2D eigenvalue weighted by Gasteiger charge is -2.09. The summed E-state index contributed by atoms with van der Waals surface area (Å²) in [7, 11) is 0. The van der Waals surface area contributed by atoms with Crippen molar-refractivity contribution in [1.82, 2.24) is 5.32 Å². The molecule has 11 heavy (non-hydrogen) atoms. The summed E-state index contributed by atoms with van der Waals surface area (Å²) in [6.07, 6.45) is 2.01. The second kappa shape index (κ2) is 6.16. The largest absolute Gasteiger partial charge is 0.355 e. The highest BCUT2D eigenvalue weighted by Gasteiger charge is 2.09. The van der Waals surface area contributed by atoms with Gasteiger partial charge < -0.3 is 11.1 Å². The molecule has 0 saturated carbocycles. The molecule has 1 amide bonds. The maximum absolute atomic E-state index is 11.1. The zero-order valence-electron chi connectivity index (χ0n) is 7.39. The minimum Gasteiger partial charge on any atom is -0.355 e. The molecule has 0 aromatic heterocycles. The van der Waals surface area contributed by atoms with Gasteiger partial charge in [0, 0.05) is 19.0 Å². The lowest BCUT2D eigenvalue weighted by atomic mass is 10.1. The summed E-state index contributed by atoms with van der Waals surface area (Å²) in [5, 5.41) is 2.75. The molecule has 0 aromatic rings. The number of hydrogen-bond acceptors (Lipinski definition) is 2. The van der Waals surface area contributed by atoms with Gasteiger partial charge >= 0.3 is 0 Å². The van der Waals surface area contributed by atoms with Crippen molar-refractivity contribution >= 4 is 5.91 Å². The Labute approximate surface area is 68.3 Å². The highest BCUT2D eigenvalue weighted by molar-refractivity contribution is 5.78. The van der Waals surface area contributed by atoms with E-state index < -0.39 is 0 Å². The summed E-state index contributed by atoms with van der Waals surface area (Å²) in [6.45, 7) is 5.12. The third kappa shape index (κ3) is 4.79. The summed E-state index contributed by atoms with van der Waals surface area (Å²) >= 11 is 0. The van der Waals surface area contributed by atoms with E-state index in [9.17, 15) is 4.79 Å². The molecule has 0 aliphatic carbocycles. The maximum atomic E-state index is 11.1. The van der Waals surface area contributed by atoms with Crippen molar-refractivity contribution in [2.75, 3.05) is 13.1 Å². The van der Waals surface area contributed by atoms with E-state index in [1.54, 1.807) is 0 Å². The summed E-state index contributed by atoms with van der Waals surface area (Å²) in [5.74, 6) is 0.254. The van der Waals surface area contributed by atoms with Crippen LogP contribution in [0.25, 0.3) is 0 Å². The molecular weight excluding hydrogens is 140 g/mol. The minimum atomic E-state index is 0.123. The molecule has 0 aromatic carbocycles. The van der Waals surface area contributed by atoms with Gasteiger partial charge in [0.15, 0.2) is 0 Å². The second-order valence-corrected chi connectivity index (χ2v) is 2.77. The summed E-state index contributed by atoms with van der Waals surface area (Å²) in [5.41, 5.74) is 5.24. The smallest absolute Gasteiger partial charge is 0.222 e. The molecule has 0 rings (SSSR count). The average molecular weight is 158 g/mol. The van der Waals surface area contributed by atoms with Crippen molar-refractivity contribution in [2.45, 2.75) is 26.7 Å². The fourth-order valence-corrected chi connectivity index (χ4v) is 0.934. The van der Waals surface area contributed by atoms with E-state index in [1.807, 2.05) is 6.92 Å². The molecule has 0 aliphatic heterocycles. The molecule has 3 N–H and O–H groups in total. The zero-order chi connectivity index (χ0) is 8.69. The molecule has 66 valence electrons. The van der Waals surface area contributed by atoms with Gasteiger partial charge in [-0.2, -0.15) is 0 Å². The Hall–Kier alpha value is -0.570. The van der Waals surface area contributed by atoms with Gasteiger partial charge in [0.05, 0.1) is 0 Å². The number of hydrogen-bond donors (Lipinski definition) is 2. The zero-order valence-corrected chi connectivity index (χ0v) is 7.39. The van der Waals surface area contributed by atoms with Crippen LogP contribution in [0.2, 0.25) is 0 Å². The number of nitrogens with one attached hydrogen (secondary N) is 1. The predicted molar refractivity (Wildman–Crippen MR) is 46.1 cm³/mol. The van der Waals surface area contributed by atoms with Gasteiger partial charge in [-0.1, -0.05) is 20.3 Å². The number of amides is 1. The molecule has 0 fully saturated rings. The molecule has 1 unspecified atom stereocenters. The van der Waals surface area contributed by atoms with Crippen LogP contribution in [0.5, 0.6) is 0 Å². The molecule has 3 heteroatoms.